The van der Waals surface area contributed by atoms with Crippen molar-refractivity contribution in [2.24, 2.45) is 46.3 Å². The molecule has 4 aliphatic carbocycles. The van der Waals surface area contributed by atoms with Gasteiger partial charge in [-0.2, -0.15) is 0 Å². The molecule has 7 rings (SSSR count). The molecule has 3 saturated heterocycles. The zero-order valence-corrected chi connectivity index (χ0v) is 21.9. The molecule has 0 aromatic rings. The lowest BCUT2D eigenvalue weighted by Crippen LogP contribution is -2.71. The number of carbonyl (C=O) groups is 2. The minimum absolute atomic E-state index is 0.101. The van der Waals surface area contributed by atoms with Crippen LogP contribution in [-0.2, 0) is 23.8 Å². The lowest BCUT2D eigenvalue weighted by Gasteiger charge is -2.60. The summed E-state index contributed by atoms with van der Waals surface area (Å²) in [5.74, 6) is -2.45. The fourth-order valence-corrected chi connectivity index (χ4v) is 10.9. The van der Waals surface area contributed by atoms with E-state index in [4.69, 9.17) is 14.2 Å². The summed E-state index contributed by atoms with van der Waals surface area (Å²) in [6.45, 7) is 9.55. The van der Waals surface area contributed by atoms with E-state index in [0.29, 0.717) is 19.3 Å². The summed E-state index contributed by atoms with van der Waals surface area (Å²) in [6.07, 6.45) is 1.48. The second-order valence-electron chi connectivity index (χ2n) is 14.0. The van der Waals surface area contributed by atoms with Gasteiger partial charge in [-0.25, -0.2) is 0 Å². The van der Waals surface area contributed by atoms with Crippen molar-refractivity contribution in [1.82, 2.24) is 0 Å². The number of Topliss-reactive ketones (excluding diaryl/α,β-unsaturated/α-hetero) is 1. The molecule has 3 heterocycles. The van der Waals surface area contributed by atoms with Crippen LogP contribution in [0.4, 0.5) is 0 Å². The highest BCUT2D eigenvalue weighted by molar-refractivity contribution is 5.88. The first-order chi connectivity index (χ1) is 16.8. The van der Waals surface area contributed by atoms with Crippen LogP contribution >= 0.6 is 0 Å². The van der Waals surface area contributed by atoms with Crippen LogP contribution in [0.2, 0.25) is 0 Å². The van der Waals surface area contributed by atoms with Gasteiger partial charge in [-0.3, -0.25) is 9.59 Å². The van der Waals surface area contributed by atoms with Crippen molar-refractivity contribution in [1.29, 1.82) is 0 Å². The molecule has 0 radical (unpaired) electrons. The number of hydrogen-bond acceptors (Lipinski definition) is 8. The molecule has 0 aromatic carbocycles. The van der Waals surface area contributed by atoms with Crippen LogP contribution in [0.15, 0.2) is 0 Å². The van der Waals surface area contributed by atoms with E-state index in [-0.39, 0.29) is 47.1 Å². The average Bonchev–Trinajstić information content (AvgIpc) is 3.42. The Bertz CT molecular complexity index is 1040. The highest BCUT2D eigenvalue weighted by Crippen LogP contribution is 2.75. The monoisotopic (exact) mass is 504 g/mol. The Hall–Kier alpha value is -1.06. The van der Waals surface area contributed by atoms with Crippen LogP contribution in [0.25, 0.3) is 0 Å². The van der Waals surface area contributed by atoms with Crippen LogP contribution in [0.1, 0.15) is 73.1 Å². The molecular weight excluding hydrogens is 464 g/mol. The molecule has 7 aliphatic rings. The molecule has 8 heteroatoms. The van der Waals surface area contributed by atoms with Crippen molar-refractivity contribution in [3.8, 4) is 0 Å². The first-order valence-electron chi connectivity index (χ1n) is 14.0. The van der Waals surface area contributed by atoms with Crippen LogP contribution in [0, 0.1) is 46.3 Å². The van der Waals surface area contributed by atoms with Crippen molar-refractivity contribution >= 4 is 11.8 Å². The third-order valence-electron chi connectivity index (χ3n) is 12.9. The lowest BCUT2D eigenvalue weighted by atomic mass is 9.43. The van der Waals surface area contributed by atoms with Crippen LogP contribution < -0.4 is 0 Å². The summed E-state index contributed by atoms with van der Waals surface area (Å²) in [7, 11) is 0. The molecule has 15 atom stereocenters. The van der Waals surface area contributed by atoms with E-state index in [9.17, 15) is 24.9 Å². The van der Waals surface area contributed by atoms with Gasteiger partial charge in [-0.05, 0) is 69.1 Å². The number of fused-ring (bicyclic) bond motifs is 6. The maximum Gasteiger partial charge on any atom is 0.311 e. The van der Waals surface area contributed by atoms with Crippen LogP contribution in [-0.4, -0.2) is 68.5 Å². The van der Waals surface area contributed by atoms with Crippen molar-refractivity contribution in [2.45, 2.75) is 115 Å². The number of esters is 1. The fourth-order valence-electron chi connectivity index (χ4n) is 10.9. The molecule has 3 aliphatic heterocycles. The van der Waals surface area contributed by atoms with E-state index in [1.807, 2.05) is 13.8 Å². The molecule has 200 valence electrons. The van der Waals surface area contributed by atoms with Crippen LogP contribution in [0.5, 0.6) is 0 Å². The summed E-state index contributed by atoms with van der Waals surface area (Å²) in [4.78, 5) is 26.0. The standard InChI is InChI=1S/C28H40O8/c1-12-13(2)28(36-22(12)31)23(32)26(5,33)21-17(34-28)11-16-14-10-20-27(35-20)19(30)7-6-18(29)25(27,4)15(14)8-9-24(16,21)3/h12-17,19-21,23,30,32-33H,6-11H2,1-5H3/t12-,13-,14-,15+,16+,17+,19+,20-,21+,23+,24+,25+,26-,27-,28+/m1/s1. The van der Waals surface area contributed by atoms with E-state index in [1.165, 1.54) is 0 Å². The van der Waals surface area contributed by atoms with E-state index in [1.54, 1.807) is 13.8 Å². The Kier molecular flexibility index (Phi) is 4.49. The van der Waals surface area contributed by atoms with Crippen molar-refractivity contribution in [3.05, 3.63) is 0 Å². The number of ether oxygens (including phenoxy) is 3. The van der Waals surface area contributed by atoms with Crippen molar-refractivity contribution in [2.75, 3.05) is 0 Å². The van der Waals surface area contributed by atoms with Crippen molar-refractivity contribution in [3.63, 3.8) is 0 Å². The maximum atomic E-state index is 13.5. The molecule has 2 spiro atoms. The number of hydrogen-bond donors (Lipinski definition) is 3. The van der Waals surface area contributed by atoms with Gasteiger partial charge in [0.2, 0.25) is 5.79 Å². The Balaban J connectivity index is 1.27. The van der Waals surface area contributed by atoms with Gasteiger partial charge in [0.15, 0.2) is 0 Å². The molecule has 36 heavy (non-hydrogen) atoms. The number of ketones is 1. The summed E-state index contributed by atoms with van der Waals surface area (Å²) >= 11 is 0. The SMILES string of the molecule is C[C@@H]1[C@@H](C)C(=O)O[C@@]12O[C@H]1C[C@H]3[C@@H]4C[C@H]5O[C@]56[C@@H](O)CCC(=O)[C@]6(C)[C@H]4CC[C@]3(C)[C@H]1[C@@](C)(O)[C@@H]2O. The first-order valence-corrected chi connectivity index (χ1v) is 14.0. The second kappa shape index (κ2) is 6.74. The molecule has 3 N–H and O–H groups in total. The normalized spacial score (nSPS) is 65.2. The quantitative estimate of drug-likeness (QED) is 0.338. The average molecular weight is 505 g/mol. The Morgan fingerprint density at radius 3 is 2.36 bits per heavy atom. The zero-order chi connectivity index (χ0) is 25.8. The van der Waals surface area contributed by atoms with E-state index >= 15 is 0 Å². The summed E-state index contributed by atoms with van der Waals surface area (Å²) < 4.78 is 18.6. The fraction of sp³-hybridized carbons (Fsp3) is 0.929. The van der Waals surface area contributed by atoms with Gasteiger partial charge in [-0.15, -0.1) is 0 Å². The molecule has 0 unspecified atom stereocenters. The first kappa shape index (κ1) is 24.0. The molecule has 7 fully saturated rings. The van der Waals surface area contributed by atoms with E-state index < -0.39 is 52.4 Å². The van der Waals surface area contributed by atoms with Gasteiger partial charge in [0.1, 0.15) is 23.1 Å². The zero-order valence-electron chi connectivity index (χ0n) is 21.9. The third-order valence-corrected chi connectivity index (χ3v) is 12.9. The van der Waals surface area contributed by atoms with Gasteiger partial charge in [0, 0.05) is 18.3 Å². The number of aliphatic hydroxyl groups is 3. The minimum Gasteiger partial charge on any atom is -0.429 e. The molecular formula is C28H40O8. The summed E-state index contributed by atoms with van der Waals surface area (Å²) in [6, 6.07) is 0. The number of epoxide rings is 1. The van der Waals surface area contributed by atoms with Crippen molar-refractivity contribution < 1.29 is 39.1 Å². The molecule has 0 bridgehead atoms. The molecule has 0 amide bonds. The largest absolute Gasteiger partial charge is 0.429 e. The number of aliphatic hydroxyl groups excluding tert-OH is 2. The highest BCUT2D eigenvalue weighted by Gasteiger charge is 2.82. The lowest BCUT2D eigenvalue weighted by molar-refractivity contribution is -0.368. The Morgan fingerprint density at radius 1 is 0.972 bits per heavy atom. The second-order valence-corrected chi connectivity index (χ2v) is 14.0. The third kappa shape index (κ3) is 2.34. The van der Waals surface area contributed by atoms with Gasteiger partial charge in [-0.1, -0.05) is 20.8 Å². The van der Waals surface area contributed by atoms with E-state index in [2.05, 4.69) is 6.92 Å². The topological polar surface area (TPSA) is 126 Å². The highest BCUT2D eigenvalue weighted by atomic mass is 16.7. The maximum absolute atomic E-state index is 13.5. The minimum atomic E-state index is -1.55. The van der Waals surface area contributed by atoms with Gasteiger partial charge in [0.05, 0.1) is 29.6 Å². The Morgan fingerprint density at radius 2 is 1.69 bits per heavy atom. The molecule has 0 aromatic heterocycles. The summed E-state index contributed by atoms with van der Waals surface area (Å²) in [5.41, 5.74) is -3.26. The van der Waals surface area contributed by atoms with E-state index in [0.717, 1.165) is 19.3 Å². The predicted molar refractivity (Wildman–Crippen MR) is 125 cm³/mol. The molecule has 8 nitrogen and oxygen atoms in total. The van der Waals surface area contributed by atoms with Gasteiger partial charge < -0.3 is 29.5 Å². The van der Waals surface area contributed by atoms with Crippen LogP contribution in [0.3, 0.4) is 0 Å². The van der Waals surface area contributed by atoms with Gasteiger partial charge >= 0.3 is 5.97 Å². The summed E-state index contributed by atoms with van der Waals surface area (Å²) in [5, 5.41) is 34.5. The smallest absolute Gasteiger partial charge is 0.311 e. The number of carbonyl (C=O) groups excluding carboxylic acids is 2. The van der Waals surface area contributed by atoms with Gasteiger partial charge in [0.25, 0.3) is 0 Å². The predicted octanol–water partition coefficient (Wildman–Crippen LogP) is 1.96. The molecule has 4 saturated carbocycles. The Labute approximate surface area is 212 Å². The number of rotatable bonds is 0.